The van der Waals surface area contributed by atoms with E-state index in [4.69, 9.17) is 4.74 Å². The predicted molar refractivity (Wildman–Crippen MR) is 70.3 cm³/mol. The first kappa shape index (κ1) is 13.2. The van der Waals surface area contributed by atoms with Crippen LogP contribution in [0.1, 0.15) is 18.1 Å². The molecule has 1 aromatic carbocycles. The zero-order valence-electron chi connectivity index (χ0n) is 10.6. The standard InChI is InChI=1S/C15H15NO3/c1-2-19-14(17)15(18,12-7-4-3-5-8-12)13-9-6-10-16-11-13/h3-11,18H,2H2,1H3. The molecule has 1 N–H and O–H groups in total. The maximum Gasteiger partial charge on any atom is 0.347 e. The Bertz CT molecular complexity index is 500. The van der Waals surface area contributed by atoms with Gasteiger partial charge in [0.1, 0.15) is 0 Å². The summed E-state index contributed by atoms with van der Waals surface area (Å²) in [6, 6.07) is 12.0. The molecular formula is C15H15NO3. The summed E-state index contributed by atoms with van der Waals surface area (Å²) in [6.07, 6.45) is 3.05. The van der Waals surface area contributed by atoms with Gasteiger partial charge in [-0.2, -0.15) is 0 Å². The number of carbonyl (C=O) groups is 1. The van der Waals surface area contributed by atoms with Crippen molar-refractivity contribution in [2.24, 2.45) is 0 Å². The van der Waals surface area contributed by atoms with Gasteiger partial charge in [-0.3, -0.25) is 4.98 Å². The molecule has 0 saturated carbocycles. The van der Waals surface area contributed by atoms with Crippen molar-refractivity contribution in [3.05, 3.63) is 66.0 Å². The van der Waals surface area contributed by atoms with E-state index in [9.17, 15) is 9.90 Å². The van der Waals surface area contributed by atoms with Gasteiger partial charge in [0.15, 0.2) is 0 Å². The van der Waals surface area contributed by atoms with Gasteiger partial charge in [0.2, 0.25) is 5.60 Å². The lowest BCUT2D eigenvalue weighted by Gasteiger charge is -2.26. The highest BCUT2D eigenvalue weighted by Crippen LogP contribution is 2.30. The molecule has 0 aliphatic rings. The number of benzene rings is 1. The van der Waals surface area contributed by atoms with Crippen LogP contribution in [0.25, 0.3) is 0 Å². The molecule has 0 spiro atoms. The molecule has 0 amide bonds. The third-order valence-corrected chi connectivity index (χ3v) is 2.84. The van der Waals surface area contributed by atoms with E-state index in [2.05, 4.69) is 4.98 Å². The zero-order chi connectivity index (χ0) is 13.7. The van der Waals surface area contributed by atoms with Crippen molar-refractivity contribution in [1.82, 2.24) is 4.98 Å². The number of rotatable bonds is 4. The fourth-order valence-electron chi connectivity index (χ4n) is 1.89. The minimum absolute atomic E-state index is 0.203. The Morgan fingerprint density at radius 2 is 1.89 bits per heavy atom. The number of nitrogens with zero attached hydrogens (tertiary/aromatic N) is 1. The summed E-state index contributed by atoms with van der Waals surface area (Å²) in [5, 5.41) is 10.8. The first-order chi connectivity index (χ1) is 9.19. The van der Waals surface area contributed by atoms with Crippen LogP contribution in [-0.2, 0) is 15.1 Å². The first-order valence-electron chi connectivity index (χ1n) is 6.05. The average molecular weight is 257 g/mol. The van der Waals surface area contributed by atoms with Crippen LogP contribution in [0.3, 0.4) is 0 Å². The smallest absolute Gasteiger partial charge is 0.347 e. The molecule has 1 atom stereocenters. The number of hydrogen-bond acceptors (Lipinski definition) is 4. The highest BCUT2D eigenvalue weighted by atomic mass is 16.5. The van der Waals surface area contributed by atoms with Crippen molar-refractivity contribution in [2.75, 3.05) is 6.61 Å². The van der Waals surface area contributed by atoms with Crippen LogP contribution in [0.15, 0.2) is 54.9 Å². The van der Waals surface area contributed by atoms with Gasteiger partial charge in [0.25, 0.3) is 0 Å². The van der Waals surface area contributed by atoms with E-state index >= 15 is 0 Å². The lowest BCUT2D eigenvalue weighted by atomic mass is 9.87. The van der Waals surface area contributed by atoms with E-state index in [0.717, 1.165) is 0 Å². The Balaban J connectivity index is 2.54. The fraction of sp³-hybridized carbons (Fsp3) is 0.200. The molecule has 2 aromatic rings. The molecule has 4 nitrogen and oxygen atoms in total. The summed E-state index contributed by atoms with van der Waals surface area (Å²) in [5.41, 5.74) is -0.980. The van der Waals surface area contributed by atoms with Crippen LogP contribution in [0.5, 0.6) is 0 Å². The van der Waals surface area contributed by atoms with E-state index in [1.807, 2.05) is 6.07 Å². The van der Waals surface area contributed by atoms with E-state index in [1.54, 1.807) is 49.5 Å². The topological polar surface area (TPSA) is 59.4 Å². The minimum atomic E-state index is -1.83. The van der Waals surface area contributed by atoms with Crippen LogP contribution in [0.4, 0.5) is 0 Å². The summed E-state index contributed by atoms with van der Waals surface area (Å²) in [6.45, 7) is 1.90. The second kappa shape index (κ2) is 5.63. The zero-order valence-corrected chi connectivity index (χ0v) is 10.6. The molecule has 4 heteroatoms. The first-order valence-corrected chi connectivity index (χ1v) is 6.05. The van der Waals surface area contributed by atoms with Crippen LogP contribution >= 0.6 is 0 Å². The Hall–Kier alpha value is -2.20. The van der Waals surface area contributed by atoms with E-state index in [-0.39, 0.29) is 6.61 Å². The van der Waals surface area contributed by atoms with Crippen molar-refractivity contribution in [3.63, 3.8) is 0 Å². The van der Waals surface area contributed by atoms with Crippen molar-refractivity contribution >= 4 is 5.97 Å². The summed E-state index contributed by atoms with van der Waals surface area (Å²) in [4.78, 5) is 16.1. The Kier molecular flexibility index (Phi) is 3.92. The van der Waals surface area contributed by atoms with E-state index in [1.165, 1.54) is 6.20 Å². The summed E-state index contributed by atoms with van der Waals surface area (Å²) >= 11 is 0. The van der Waals surface area contributed by atoms with E-state index in [0.29, 0.717) is 11.1 Å². The van der Waals surface area contributed by atoms with Gasteiger partial charge >= 0.3 is 5.97 Å². The maximum atomic E-state index is 12.2. The summed E-state index contributed by atoms with van der Waals surface area (Å²) in [5.74, 6) is -0.700. The van der Waals surface area contributed by atoms with Crippen LogP contribution in [-0.4, -0.2) is 22.7 Å². The van der Waals surface area contributed by atoms with Crippen LogP contribution in [0.2, 0.25) is 0 Å². The SMILES string of the molecule is CCOC(=O)C(O)(c1ccccc1)c1cccnc1. The van der Waals surface area contributed by atoms with Gasteiger partial charge in [0, 0.05) is 18.0 Å². The Labute approximate surface area is 111 Å². The lowest BCUT2D eigenvalue weighted by molar-refractivity contribution is -0.161. The van der Waals surface area contributed by atoms with Crippen LogP contribution in [0, 0.1) is 0 Å². The molecule has 0 fully saturated rings. The van der Waals surface area contributed by atoms with Gasteiger partial charge in [-0.15, -0.1) is 0 Å². The number of aromatic nitrogens is 1. The van der Waals surface area contributed by atoms with E-state index < -0.39 is 11.6 Å². The molecule has 98 valence electrons. The molecular weight excluding hydrogens is 242 g/mol. The minimum Gasteiger partial charge on any atom is -0.463 e. The molecule has 0 saturated heterocycles. The van der Waals surface area contributed by atoms with Gasteiger partial charge < -0.3 is 9.84 Å². The largest absolute Gasteiger partial charge is 0.463 e. The summed E-state index contributed by atoms with van der Waals surface area (Å²) in [7, 11) is 0. The lowest BCUT2D eigenvalue weighted by Crippen LogP contribution is -2.38. The molecule has 19 heavy (non-hydrogen) atoms. The Morgan fingerprint density at radius 1 is 1.21 bits per heavy atom. The average Bonchev–Trinajstić information content (AvgIpc) is 2.48. The van der Waals surface area contributed by atoms with Gasteiger partial charge in [0.05, 0.1) is 6.61 Å². The third kappa shape index (κ3) is 2.48. The fourth-order valence-corrected chi connectivity index (χ4v) is 1.89. The van der Waals surface area contributed by atoms with Crippen LogP contribution < -0.4 is 0 Å². The molecule has 0 aliphatic heterocycles. The third-order valence-electron chi connectivity index (χ3n) is 2.84. The molecule has 2 rings (SSSR count). The highest BCUT2D eigenvalue weighted by molar-refractivity contribution is 5.85. The van der Waals surface area contributed by atoms with Gasteiger partial charge in [-0.25, -0.2) is 4.79 Å². The van der Waals surface area contributed by atoms with Crippen molar-refractivity contribution in [2.45, 2.75) is 12.5 Å². The number of aliphatic hydroxyl groups is 1. The molecule has 1 unspecified atom stereocenters. The van der Waals surface area contributed by atoms with Gasteiger partial charge in [-0.05, 0) is 18.6 Å². The predicted octanol–water partition coefficient (Wildman–Crippen LogP) is 1.88. The molecule has 0 radical (unpaired) electrons. The van der Waals surface area contributed by atoms with Crippen molar-refractivity contribution < 1.29 is 14.6 Å². The number of ether oxygens (including phenoxy) is 1. The number of hydrogen-bond donors (Lipinski definition) is 1. The second-order valence-electron chi connectivity index (χ2n) is 4.04. The van der Waals surface area contributed by atoms with Crippen molar-refractivity contribution in [1.29, 1.82) is 0 Å². The molecule has 0 aliphatic carbocycles. The molecule has 1 aromatic heterocycles. The summed E-state index contributed by atoms with van der Waals surface area (Å²) < 4.78 is 5.00. The molecule has 1 heterocycles. The Morgan fingerprint density at radius 3 is 2.47 bits per heavy atom. The molecule has 0 bridgehead atoms. The van der Waals surface area contributed by atoms with Gasteiger partial charge in [-0.1, -0.05) is 36.4 Å². The monoisotopic (exact) mass is 257 g/mol. The number of esters is 1. The normalized spacial score (nSPS) is 13.6. The second-order valence-corrected chi connectivity index (χ2v) is 4.04. The number of pyridine rings is 1. The quantitative estimate of drug-likeness (QED) is 0.850. The van der Waals surface area contributed by atoms with Crippen molar-refractivity contribution in [3.8, 4) is 0 Å². The number of carbonyl (C=O) groups excluding carboxylic acids is 1. The highest BCUT2D eigenvalue weighted by Gasteiger charge is 2.41. The maximum absolute atomic E-state index is 12.2.